The van der Waals surface area contributed by atoms with Crippen molar-refractivity contribution in [3.05, 3.63) is 88.8 Å². The van der Waals surface area contributed by atoms with E-state index in [1.165, 1.54) is 36.4 Å². The van der Waals surface area contributed by atoms with Gasteiger partial charge >= 0.3 is 0 Å². The van der Waals surface area contributed by atoms with Crippen LogP contribution in [-0.2, 0) is 16.0 Å². The minimum Gasteiger partial charge on any atom is -0.508 e. The number of nitrogens with one attached hydrogen (secondary N) is 1. The van der Waals surface area contributed by atoms with Crippen LogP contribution in [0.1, 0.15) is 42.4 Å². The third-order valence-corrected chi connectivity index (χ3v) is 6.11. The van der Waals surface area contributed by atoms with Crippen molar-refractivity contribution in [2.45, 2.75) is 38.1 Å². The molecule has 6 N–H and O–H groups in total. The summed E-state index contributed by atoms with van der Waals surface area (Å²) < 4.78 is 54.1. The second-order valence-electron chi connectivity index (χ2n) is 9.14. The highest BCUT2D eigenvalue weighted by Crippen LogP contribution is 2.20. The Kier molecular flexibility index (Phi) is 10.8. The van der Waals surface area contributed by atoms with Crippen LogP contribution in [0.4, 0.5) is 23.2 Å². The number of aromatic nitrogens is 1. The summed E-state index contributed by atoms with van der Waals surface area (Å²) in [5.41, 5.74) is 12.0. The second-order valence-corrected chi connectivity index (χ2v) is 9.14. The first-order valence-corrected chi connectivity index (χ1v) is 12.5. The van der Waals surface area contributed by atoms with Crippen molar-refractivity contribution in [1.29, 1.82) is 0 Å². The number of carbonyl (C=O) groups excluding carboxylic acids is 2. The largest absolute Gasteiger partial charge is 0.508 e. The summed E-state index contributed by atoms with van der Waals surface area (Å²) in [5.74, 6) is -3.78. The lowest BCUT2D eigenvalue weighted by molar-refractivity contribution is -0.127. The van der Waals surface area contributed by atoms with E-state index in [9.17, 15) is 32.3 Å². The molecular weight excluding hydrogens is 528 g/mol. The molecule has 2 atom stereocenters. The number of halogens is 4. The lowest BCUT2D eigenvalue weighted by Crippen LogP contribution is -2.36. The van der Waals surface area contributed by atoms with E-state index in [4.69, 9.17) is 11.5 Å². The Labute approximate surface area is 228 Å². The number of amides is 1. The van der Waals surface area contributed by atoms with Gasteiger partial charge in [0, 0.05) is 23.6 Å². The number of nitrogens with zero attached hydrogens (tertiary/aromatic N) is 1. The molecule has 0 saturated carbocycles. The molecule has 40 heavy (non-hydrogen) atoms. The maximum absolute atomic E-state index is 13.8. The van der Waals surface area contributed by atoms with Crippen LogP contribution in [0.2, 0.25) is 0 Å². The smallest absolute Gasteiger partial charge is 0.253 e. The number of nitrogens with two attached hydrogens (primary N) is 2. The number of rotatable bonds is 11. The van der Waals surface area contributed by atoms with Gasteiger partial charge in [-0.15, -0.1) is 0 Å². The SMILES string of the molecule is NCCCCC(CC(=O)C(N)Cc1ccc(O)cc1)C(=O)Nc1ccc(C#Cc2c(F)c(F)nc(F)c2F)cc1. The molecule has 210 valence electrons. The number of benzene rings is 2. The first kappa shape index (κ1) is 30.3. The normalized spacial score (nSPS) is 12.2. The Morgan fingerprint density at radius 1 is 0.925 bits per heavy atom. The molecule has 0 aliphatic rings. The third kappa shape index (κ3) is 8.36. The molecule has 0 aliphatic carbocycles. The van der Waals surface area contributed by atoms with Gasteiger partial charge in [0.2, 0.25) is 5.91 Å². The molecule has 1 heterocycles. The Morgan fingerprint density at radius 3 is 2.15 bits per heavy atom. The van der Waals surface area contributed by atoms with Gasteiger partial charge < -0.3 is 21.9 Å². The number of carbonyl (C=O) groups is 2. The number of hydrogen-bond donors (Lipinski definition) is 4. The van der Waals surface area contributed by atoms with E-state index in [2.05, 4.69) is 22.1 Å². The summed E-state index contributed by atoms with van der Waals surface area (Å²) >= 11 is 0. The number of anilines is 1. The predicted octanol–water partition coefficient (Wildman–Crippen LogP) is 3.96. The van der Waals surface area contributed by atoms with E-state index in [0.29, 0.717) is 31.5 Å². The molecule has 3 rings (SSSR count). The van der Waals surface area contributed by atoms with Gasteiger partial charge in [-0.1, -0.05) is 30.4 Å². The van der Waals surface area contributed by atoms with Gasteiger partial charge in [0.1, 0.15) is 11.3 Å². The molecule has 0 aliphatic heterocycles. The van der Waals surface area contributed by atoms with Crippen LogP contribution in [0.5, 0.6) is 5.75 Å². The molecule has 1 aromatic heterocycles. The van der Waals surface area contributed by atoms with Crippen molar-refractivity contribution in [3.8, 4) is 17.6 Å². The van der Waals surface area contributed by atoms with Crippen molar-refractivity contribution < 1.29 is 32.3 Å². The van der Waals surface area contributed by atoms with Crippen LogP contribution in [0, 0.1) is 41.3 Å². The van der Waals surface area contributed by atoms with Gasteiger partial charge in [-0.3, -0.25) is 9.59 Å². The zero-order valence-corrected chi connectivity index (χ0v) is 21.4. The minimum absolute atomic E-state index is 0.0740. The van der Waals surface area contributed by atoms with Crippen molar-refractivity contribution in [2.24, 2.45) is 17.4 Å². The Hall–Kier alpha value is -4.27. The Balaban J connectivity index is 1.67. The lowest BCUT2D eigenvalue weighted by Gasteiger charge is -2.19. The van der Waals surface area contributed by atoms with E-state index < -0.39 is 47.0 Å². The van der Waals surface area contributed by atoms with Crippen molar-refractivity contribution in [2.75, 3.05) is 11.9 Å². The van der Waals surface area contributed by atoms with Crippen LogP contribution in [0.25, 0.3) is 0 Å². The van der Waals surface area contributed by atoms with Crippen LogP contribution in [0.3, 0.4) is 0 Å². The average Bonchev–Trinajstić information content (AvgIpc) is 2.93. The molecule has 2 aromatic carbocycles. The van der Waals surface area contributed by atoms with Crippen molar-refractivity contribution >= 4 is 17.4 Å². The highest BCUT2D eigenvalue weighted by molar-refractivity contribution is 5.96. The summed E-state index contributed by atoms with van der Waals surface area (Å²) in [5, 5.41) is 12.2. The van der Waals surface area contributed by atoms with Gasteiger partial charge in [-0.25, -0.2) is 8.78 Å². The quantitative estimate of drug-likeness (QED) is 0.122. The molecule has 3 aromatic rings. The van der Waals surface area contributed by atoms with Crippen molar-refractivity contribution in [3.63, 3.8) is 0 Å². The number of aromatic hydroxyl groups is 1. The minimum atomic E-state index is -1.80. The number of pyridine rings is 1. The van der Waals surface area contributed by atoms with Crippen LogP contribution < -0.4 is 16.8 Å². The fourth-order valence-corrected chi connectivity index (χ4v) is 3.87. The van der Waals surface area contributed by atoms with Crippen molar-refractivity contribution in [1.82, 2.24) is 4.98 Å². The van der Waals surface area contributed by atoms with Gasteiger partial charge in [-0.05, 0) is 67.8 Å². The highest BCUT2D eigenvalue weighted by atomic mass is 19.2. The molecule has 0 radical (unpaired) electrons. The number of Topliss-reactive ketones (excluding diaryl/α,β-unsaturated/α-hetero) is 1. The second kappa shape index (κ2) is 14.2. The number of hydrogen-bond acceptors (Lipinski definition) is 6. The third-order valence-electron chi connectivity index (χ3n) is 6.11. The van der Waals surface area contributed by atoms with E-state index in [1.807, 2.05) is 0 Å². The fourth-order valence-electron chi connectivity index (χ4n) is 3.87. The summed E-state index contributed by atoms with van der Waals surface area (Å²) in [7, 11) is 0. The van der Waals surface area contributed by atoms with Gasteiger partial charge in [-0.2, -0.15) is 13.8 Å². The summed E-state index contributed by atoms with van der Waals surface area (Å²) in [6, 6.07) is 11.4. The first-order chi connectivity index (χ1) is 19.1. The maximum Gasteiger partial charge on any atom is 0.253 e. The molecule has 1 amide bonds. The van der Waals surface area contributed by atoms with E-state index >= 15 is 0 Å². The van der Waals surface area contributed by atoms with E-state index in [-0.39, 0.29) is 29.9 Å². The van der Waals surface area contributed by atoms with Gasteiger partial charge in [0.25, 0.3) is 11.9 Å². The zero-order valence-electron chi connectivity index (χ0n) is 21.4. The standard InChI is InChI=1S/C29H28F4N4O3/c30-25-22(26(31)28(33)37-27(25)32)13-8-17-4-9-20(10-5-17)36-29(40)19(3-1-2-14-34)16-24(39)23(35)15-18-6-11-21(38)12-7-18/h4-7,9-12,19,23,38H,1-3,14-16,34-35H2,(H,36,40). The predicted molar refractivity (Wildman–Crippen MR) is 141 cm³/mol. The van der Waals surface area contributed by atoms with Crippen LogP contribution in [-0.4, -0.2) is 34.4 Å². The number of phenols is 1. The summed E-state index contributed by atoms with van der Waals surface area (Å²) in [4.78, 5) is 28.4. The fraction of sp³-hybridized carbons (Fsp3) is 0.276. The molecular formula is C29H28F4N4O3. The molecule has 0 fully saturated rings. The number of phenolic OH excluding ortho intramolecular Hbond substituents is 1. The number of unbranched alkanes of at least 4 members (excludes halogenated alkanes) is 1. The van der Waals surface area contributed by atoms with Gasteiger partial charge in [0.15, 0.2) is 17.4 Å². The van der Waals surface area contributed by atoms with Gasteiger partial charge in [0.05, 0.1) is 6.04 Å². The molecule has 11 heteroatoms. The Bertz CT molecular complexity index is 1380. The lowest BCUT2D eigenvalue weighted by atomic mass is 9.91. The first-order valence-electron chi connectivity index (χ1n) is 12.5. The molecule has 2 unspecified atom stereocenters. The zero-order chi connectivity index (χ0) is 29.2. The molecule has 7 nitrogen and oxygen atoms in total. The topological polar surface area (TPSA) is 131 Å². The molecule has 0 bridgehead atoms. The summed E-state index contributed by atoms with van der Waals surface area (Å²) in [6.07, 6.45) is 1.91. The van der Waals surface area contributed by atoms with E-state index in [1.54, 1.807) is 12.1 Å². The monoisotopic (exact) mass is 556 g/mol. The van der Waals surface area contributed by atoms with Crippen LogP contribution >= 0.6 is 0 Å². The average molecular weight is 557 g/mol. The van der Waals surface area contributed by atoms with Crippen LogP contribution in [0.15, 0.2) is 48.5 Å². The summed E-state index contributed by atoms with van der Waals surface area (Å²) in [6.45, 7) is 0.442. The number of ketones is 1. The highest BCUT2D eigenvalue weighted by Gasteiger charge is 2.25. The maximum atomic E-state index is 13.8. The Morgan fingerprint density at radius 2 is 1.55 bits per heavy atom. The molecule has 0 saturated heterocycles. The van der Waals surface area contributed by atoms with E-state index in [0.717, 1.165) is 5.56 Å². The molecule has 0 spiro atoms.